The fraction of sp³-hybridized carbons (Fsp3) is 0.913. The van der Waals surface area contributed by atoms with Crippen molar-refractivity contribution in [1.29, 1.82) is 0 Å². The number of carboxylic acids is 1. The third-order valence-electron chi connectivity index (χ3n) is 15.6. The molecule has 6 aliphatic rings. The van der Waals surface area contributed by atoms with Crippen molar-refractivity contribution in [2.24, 2.45) is 47.3 Å². The van der Waals surface area contributed by atoms with E-state index in [0.717, 1.165) is 0 Å². The van der Waals surface area contributed by atoms with E-state index in [-0.39, 0.29) is 66.3 Å². The zero-order valence-electron chi connectivity index (χ0n) is 37.9. The van der Waals surface area contributed by atoms with Crippen LogP contribution in [0.15, 0.2) is 11.6 Å². The number of allylic oxidation sites excluding steroid dienone is 1. The van der Waals surface area contributed by atoms with Crippen molar-refractivity contribution >= 4 is 11.8 Å². The summed E-state index contributed by atoms with van der Waals surface area (Å²) < 4.78 is 47.8. The van der Waals surface area contributed by atoms with Crippen LogP contribution in [0.1, 0.15) is 134 Å². The third-order valence-corrected chi connectivity index (χ3v) is 15.6. The van der Waals surface area contributed by atoms with Crippen LogP contribution in [-0.4, -0.2) is 122 Å². The normalized spacial score (nSPS) is 49.2. The predicted octanol–water partition coefficient (Wildman–Crippen LogP) is 5.50. The SMILES string of the molecule is C/C(=C\[C@@H](C)[C@H]1O[C@]2(CC[C@](C)([C@H]3C[C@@H](O[C@@H]4CC[C@@H](O)[C@H](C)O4)[C@H](C)[C@]4(O[C@H]([C@H]5O[C@@](O)(CO)[C@H](C)C[C@@H]5C)C[C@@H]4C)O3)O2)C[C@@H](O)[C@@H]1C)C(=O)[C@@H](C)C[C@H](C)C(=O)O. The van der Waals surface area contributed by atoms with Gasteiger partial charge in [0.2, 0.25) is 0 Å². The van der Waals surface area contributed by atoms with Gasteiger partial charge in [-0.05, 0) is 64.4 Å². The molecular weight excluding hydrogens is 776 g/mol. The summed E-state index contributed by atoms with van der Waals surface area (Å²) in [5.74, 6) is -7.16. The maximum absolute atomic E-state index is 13.3. The zero-order valence-corrected chi connectivity index (χ0v) is 37.9. The van der Waals surface area contributed by atoms with Crippen LogP contribution >= 0.6 is 0 Å². The minimum Gasteiger partial charge on any atom is -0.481 e. The lowest BCUT2D eigenvalue weighted by molar-refractivity contribution is -0.390. The van der Waals surface area contributed by atoms with Crippen LogP contribution in [0, 0.1) is 47.3 Å². The highest BCUT2D eigenvalue weighted by atomic mass is 16.8. The van der Waals surface area contributed by atoms with E-state index in [0.29, 0.717) is 50.5 Å². The Bertz CT molecular complexity index is 1560. The largest absolute Gasteiger partial charge is 0.481 e. The van der Waals surface area contributed by atoms with Crippen LogP contribution in [0.25, 0.3) is 0 Å². The monoisotopic (exact) mass is 853 g/mol. The van der Waals surface area contributed by atoms with E-state index in [2.05, 4.69) is 20.8 Å². The predicted molar refractivity (Wildman–Crippen MR) is 219 cm³/mol. The van der Waals surface area contributed by atoms with Crippen molar-refractivity contribution in [2.45, 2.75) is 212 Å². The van der Waals surface area contributed by atoms with Crippen LogP contribution in [0.5, 0.6) is 0 Å². The number of carbonyl (C=O) groups is 2. The number of aliphatic carboxylic acids is 1. The molecule has 0 aliphatic carbocycles. The van der Waals surface area contributed by atoms with E-state index in [4.69, 9.17) is 33.2 Å². The summed E-state index contributed by atoms with van der Waals surface area (Å²) in [5.41, 5.74) is -0.353. The molecule has 6 saturated heterocycles. The lowest BCUT2D eigenvalue weighted by Crippen LogP contribution is -2.63. The second-order valence-electron chi connectivity index (χ2n) is 20.4. The van der Waals surface area contributed by atoms with Crippen molar-refractivity contribution in [2.75, 3.05) is 6.61 Å². The first-order valence-electron chi connectivity index (χ1n) is 22.8. The van der Waals surface area contributed by atoms with Crippen molar-refractivity contribution < 1.29 is 68.3 Å². The Morgan fingerprint density at radius 2 is 1.58 bits per heavy atom. The molecule has 0 aromatic heterocycles. The third kappa shape index (κ3) is 9.32. The van der Waals surface area contributed by atoms with Gasteiger partial charge in [-0.25, -0.2) is 0 Å². The Balaban J connectivity index is 1.24. The number of hydrogen-bond acceptors (Lipinski definition) is 13. The molecule has 0 aromatic rings. The van der Waals surface area contributed by atoms with Gasteiger partial charge in [-0.3, -0.25) is 9.59 Å². The molecule has 0 radical (unpaired) electrons. The smallest absolute Gasteiger partial charge is 0.306 e. The van der Waals surface area contributed by atoms with E-state index in [9.17, 15) is 35.1 Å². The Labute approximate surface area is 357 Å². The molecule has 0 amide bonds. The molecule has 0 aromatic carbocycles. The van der Waals surface area contributed by atoms with Crippen LogP contribution < -0.4 is 0 Å². The van der Waals surface area contributed by atoms with Crippen molar-refractivity contribution in [1.82, 2.24) is 0 Å². The summed E-state index contributed by atoms with van der Waals surface area (Å²) in [6.45, 7) is 20.6. The minimum atomic E-state index is -1.67. The van der Waals surface area contributed by atoms with E-state index in [1.807, 2.05) is 40.7 Å². The summed E-state index contributed by atoms with van der Waals surface area (Å²) in [4.78, 5) is 24.8. The standard InChI is InChI=1S/C46H76O14/c1-23(39(50)24(2)17-27(5)42(51)52)16-25(3)40-30(8)34(49)21-44(58-40)15-14-43(11,60-44)37-20-35(55-38-13-12-33(48)32(10)54-38)31(9)46(57-37)29(7)19-36(56-46)41-26(4)18-28(6)45(53,22-47)59-41/h16,24-38,40-41,47-49,53H,12-15,17-22H2,1-11H3,(H,51,52)/b23-16+/t24-,25+,26-,27-,28+,29-,30-,31-,32-,33+,34+,35+,36-,37+,38+,40+,41-,43+,44-,45-,46+/m0/s1. The van der Waals surface area contributed by atoms with Crippen molar-refractivity contribution in [3.63, 3.8) is 0 Å². The summed E-state index contributed by atoms with van der Waals surface area (Å²) in [5, 5.41) is 52.8. The van der Waals surface area contributed by atoms with Crippen LogP contribution in [0.4, 0.5) is 0 Å². The fourth-order valence-electron chi connectivity index (χ4n) is 11.5. The Kier molecular flexibility index (Phi) is 14.5. The number of Topliss-reactive ketones (excluding diaryl/α,β-unsaturated/α-hetero) is 1. The highest BCUT2D eigenvalue weighted by molar-refractivity contribution is 5.96. The first kappa shape index (κ1) is 47.9. The van der Waals surface area contributed by atoms with E-state index < -0.39 is 90.3 Å². The van der Waals surface area contributed by atoms with Gasteiger partial charge in [0.1, 0.15) is 0 Å². The molecule has 0 saturated carbocycles. The van der Waals surface area contributed by atoms with Gasteiger partial charge in [-0.1, -0.05) is 61.5 Å². The molecule has 6 fully saturated rings. The van der Waals surface area contributed by atoms with Gasteiger partial charge < -0.3 is 58.7 Å². The number of ketones is 1. The molecule has 2 spiro atoms. The van der Waals surface area contributed by atoms with Gasteiger partial charge in [-0.15, -0.1) is 0 Å². The first-order valence-corrected chi connectivity index (χ1v) is 22.8. The van der Waals surface area contributed by atoms with E-state index in [1.165, 1.54) is 0 Å². The van der Waals surface area contributed by atoms with Crippen LogP contribution in [0.2, 0.25) is 0 Å². The van der Waals surface area contributed by atoms with Crippen LogP contribution in [-0.2, 0) is 42.7 Å². The number of carbonyl (C=O) groups excluding carboxylic acids is 1. The molecule has 14 heteroatoms. The molecule has 6 heterocycles. The van der Waals surface area contributed by atoms with E-state index >= 15 is 0 Å². The molecular formula is C46H76O14. The summed E-state index contributed by atoms with van der Waals surface area (Å²) in [6.07, 6.45) is 1.76. The molecule has 344 valence electrons. The highest BCUT2D eigenvalue weighted by Gasteiger charge is 2.65. The lowest BCUT2D eigenvalue weighted by Gasteiger charge is -2.54. The van der Waals surface area contributed by atoms with Gasteiger partial charge in [0.05, 0.1) is 67.0 Å². The number of aliphatic hydroxyl groups is 4. The van der Waals surface area contributed by atoms with Crippen LogP contribution in [0.3, 0.4) is 0 Å². The average molecular weight is 853 g/mol. The second kappa shape index (κ2) is 18.1. The molecule has 5 N–H and O–H groups in total. The fourth-order valence-corrected chi connectivity index (χ4v) is 11.5. The Morgan fingerprint density at radius 1 is 0.883 bits per heavy atom. The maximum atomic E-state index is 13.3. The first-order chi connectivity index (χ1) is 28.0. The van der Waals surface area contributed by atoms with E-state index in [1.54, 1.807) is 20.8 Å². The number of rotatable bonds is 12. The average Bonchev–Trinajstić information content (AvgIpc) is 3.69. The molecule has 0 unspecified atom stereocenters. The van der Waals surface area contributed by atoms with Crippen molar-refractivity contribution in [3.05, 3.63) is 11.6 Å². The number of aliphatic hydroxyl groups excluding tert-OH is 3. The second-order valence-corrected chi connectivity index (χ2v) is 20.4. The quantitative estimate of drug-likeness (QED) is 0.154. The molecule has 60 heavy (non-hydrogen) atoms. The molecule has 21 atom stereocenters. The maximum Gasteiger partial charge on any atom is 0.306 e. The Morgan fingerprint density at radius 3 is 2.23 bits per heavy atom. The Hall–Kier alpha value is -1.56. The highest BCUT2D eigenvalue weighted by Crippen LogP contribution is 2.56. The van der Waals surface area contributed by atoms with Gasteiger partial charge in [0.15, 0.2) is 29.4 Å². The molecule has 0 bridgehead atoms. The van der Waals surface area contributed by atoms with Gasteiger partial charge in [0.25, 0.3) is 0 Å². The van der Waals surface area contributed by atoms with Gasteiger partial charge >= 0.3 is 5.97 Å². The zero-order chi connectivity index (χ0) is 44.3. The summed E-state index contributed by atoms with van der Waals surface area (Å²) in [6, 6.07) is 0. The molecule has 6 aliphatic heterocycles. The minimum absolute atomic E-state index is 0.0494. The lowest BCUT2D eigenvalue weighted by atomic mass is 9.76. The van der Waals surface area contributed by atoms with Gasteiger partial charge in [-0.2, -0.15) is 0 Å². The summed E-state index contributed by atoms with van der Waals surface area (Å²) in [7, 11) is 0. The molecule has 14 nitrogen and oxygen atoms in total. The summed E-state index contributed by atoms with van der Waals surface area (Å²) >= 11 is 0. The topological polar surface area (TPSA) is 200 Å². The van der Waals surface area contributed by atoms with Crippen molar-refractivity contribution in [3.8, 4) is 0 Å². The van der Waals surface area contributed by atoms with Gasteiger partial charge in [0, 0.05) is 61.2 Å². The number of hydrogen-bond donors (Lipinski definition) is 5. The number of carboxylic acid groups (broad SMARTS) is 1. The number of ether oxygens (including phenoxy) is 7. The molecule has 6 rings (SSSR count).